The van der Waals surface area contributed by atoms with Gasteiger partial charge in [0.1, 0.15) is 11.4 Å². The molecular formula is C23H37IN4O2. The number of aliphatic imine (C=N–C) groups is 1. The van der Waals surface area contributed by atoms with Gasteiger partial charge in [0.2, 0.25) is 5.91 Å². The van der Waals surface area contributed by atoms with Crippen LogP contribution in [0.25, 0.3) is 0 Å². The van der Waals surface area contributed by atoms with E-state index < -0.39 is 0 Å². The Labute approximate surface area is 198 Å². The number of rotatable bonds is 7. The molecule has 1 saturated carbocycles. The van der Waals surface area contributed by atoms with Crippen molar-refractivity contribution >= 4 is 35.8 Å². The number of ether oxygens (including phenoxy) is 1. The van der Waals surface area contributed by atoms with Gasteiger partial charge in [0.05, 0.1) is 12.6 Å². The van der Waals surface area contributed by atoms with Crippen LogP contribution in [-0.4, -0.2) is 36.6 Å². The molecule has 0 radical (unpaired) electrons. The standard InChI is InChI=1S/C23H36N4O2.HI/c1-4-17(3)26-21(28)12-15-25-22(24-5-2)27-19-16-23(13-8-9-14-23)29-20-11-7-6-10-18(19)20;/h6-7,10-11,17,19H,4-5,8-9,12-16H2,1-3H3,(H,26,28)(H2,24,25,27);1H. The Bertz CT molecular complexity index is 719. The number of para-hydroxylation sites is 1. The highest BCUT2D eigenvalue weighted by Gasteiger charge is 2.43. The molecule has 6 nitrogen and oxygen atoms in total. The van der Waals surface area contributed by atoms with Crippen molar-refractivity contribution in [2.24, 2.45) is 4.99 Å². The number of hydrogen-bond acceptors (Lipinski definition) is 3. The summed E-state index contributed by atoms with van der Waals surface area (Å²) in [7, 11) is 0. The van der Waals surface area contributed by atoms with E-state index in [1.54, 1.807) is 0 Å². The highest BCUT2D eigenvalue weighted by atomic mass is 127. The number of hydrogen-bond donors (Lipinski definition) is 3. The maximum atomic E-state index is 12.0. The number of carbonyl (C=O) groups excluding carboxylic acids is 1. The van der Waals surface area contributed by atoms with Gasteiger partial charge in [0.15, 0.2) is 5.96 Å². The van der Waals surface area contributed by atoms with E-state index in [9.17, 15) is 4.79 Å². The first-order valence-electron chi connectivity index (χ1n) is 11.2. The number of benzene rings is 1. The lowest BCUT2D eigenvalue weighted by Crippen LogP contribution is -2.46. The molecule has 1 aromatic carbocycles. The van der Waals surface area contributed by atoms with Gasteiger partial charge in [-0.05, 0) is 52.0 Å². The molecule has 0 saturated heterocycles. The van der Waals surface area contributed by atoms with Crippen molar-refractivity contribution in [2.75, 3.05) is 13.1 Å². The van der Waals surface area contributed by atoms with Crippen molar-refractivity contribution in [3.8, 4) is 5.75 Å². The summed E-state index contributed by atoms with van der Waals surface area (Å²) in [4.78, 5) is 16.7. The predicted molar refractivity (Wildman–Crippen MR) is 133 cm³/mol. The first kappa shape index (κ1) is 24.8. The topological polar surface area (TPSA) is 74.8 Å². The number of carbonyl (C=O) groups is 1. The van der Waals surface area contributed by atoms with Gasteiger partial charge in [-0.1, -0.05) is 25.1 Å². The molecular weight excluding hydrogens is 491 g/mol. The molecule has 3 rings (SSSR count). The minimum absolute atomic E-state index is 0. The van der Waals surface area contributed by atoms with Gasteiger partial charge in [0, 0.05) is 31.0 Å². The lowest BCUT2D eigenvalue weighted by atomic mass is 9.86. The molecule has 0 aromatic heterocycles. The van der Waals surface area contributed by atoms with Crippen LogP contribution in [0.5, 0.6) is 5.75 Å². The molecule has 1 heterocycles. The third kappa shape index (κ3) is 6.49. The molecule has 3 N–H and O–H groups in total. The number of amides is 1. The molecule has 1 amide bonds. The Morgan fingerprint density at radius 2 is 2.00 bits per heavy atom. The summed E-state index contributed by atoms with van der Waals surface area (Å²) in [6, 6.07) is 8.68. The number of nitrogens with zero attached hydrogens (tertiary/aromatic N) is 1. The summed E-state index contributed by atoms with van der Waals surface area (Å²) in [5.41, 5.74) is 1.13. The molecule has 0 bridgehead atoms. The minimum Gasteiger partial charge on any atom is -0.487 e. The molecule has 1 spiro atoms. The van der Waals surface area contributed by atoms with E-state index >= 15 is 0 Å². The second-order valence-corrected chi connectivity index (χ2v) is 8.32. The van der Waals surface area contributed by atoms with E-state index in [-0.39, 0.29) is 47.6 Å². The summed E-state index contributed by atoms with van der Waals surface area (Å²) >= 11 is 0. The molecule has 2 unspecified atom stereocenters. The minimum atomic E-state index is -0.0560. The van der Waals surface area contributed by atoms with Crippen LogP contribution in [0.1, 0.15) is 77.3 Å². The molecule has 1 aliphatic heterocycles. The Kier molecular flexibility index (Phi) is 9.71. The average Bonchev–Trinajstić information content (AvgIpc) is 3.15. The maximum Gasteiger partial charge on any atom is 0.222 e. The SMILES string of the molecule is CCNC(=NCCC(=O)NC(C)CC)NC1CC2(CCCC2)Oc2ccccc21.I. The van der Waals surface area contributed by atoms with Crippen LogP contribution in [0.2, 0.25) is 0 Å². The normalized spacial score (nSPS) is 20.5. The first-order chi connectivity index (χ1) is 14.0. The summed E-state index contributed by atoms with van der Waals surface area (Å²) < 4.78 is 6.46. The summed E-state index contributed by atoms with van der Waals surface area (Å²) in [6.45, 7) is 7.39. The van der Waals surface area contributed by atoms with Crippen LogP contribution in [0.4, 0.5) is 0 Å². The number of fused-ring (bicyclic) bond motifs is 1. The van der Waals surface area contributed by atoms with Gasteiger partial charge in [-0.3, -0.25) is 9.79 Å². The monoisotopic (exact) mass is 528 g/mol. The molecule has 7 heteroatoms. The highest BCUT2D eigenvalue weighted by Crippen LogP contribution is 2.46. The fourth-order valence-corrected chi connectivity index (χ4v) is 4.28. The van der Waals surface area contributed by atoms with Gasteiger partial charge in [-0.25, -0.2) is 0 Å². The summed E-state index contributed by atoms with van der Waals surface area (Å²) in [6.07, 6.45) is 6.97. The average molecular weight is 528 g/mol. The van der Waals surface area contributed by atoms with Crippen molar-refractivity contribution < 1.29 is 9.53 Å². The summed E-state index contributed by atoms with van der Waals surface area (Å²) in [5, 5.41) is 9.95. The molecule has 2 atom stereocenters. The van der Waals surface area contributed by atoms with Crippen molar-refractivity contribution in [3.63, 3.8) is 0 Å². The Balaban J connectivity index is 0.00000320. The predicted octanol–water partition coefficient (Wildman–Crippen LogP) is 4.30. The smallest absolute Gasteiger partial charge is 0.222 e. The molecule has 1 fully saturated rings. The van der Waals surface area contributed by atoms with Crippen molar-refractivity contribution in [1.29, 1.82) is 0 Å². The van der Waals surface area contributed by atoms with Gasteiger partial charge in [-0.2, -0.15) is 0 Å². The fourth-order valence-electron chi connectivity index (χ4n) is 4.28. The third-order valence-electron chi connectivity index (χ3n) is 6.00. The van der Waals surface area contributed by atoms with Crippen LogP contribution in [-0.2, 0) is 4.79 Å². The highest BCUT2D eigenvalue weighted by molar-refractivity contribution is 14.0. The van der Waals surface area contributed by atoms with Crippen molar-refractivity contribution in [1.82, 2.24) is 16.0 Å². The number of guanidine groups is 1. The maximum absolute atomic E-state index is 12.0. The van der Waals surface area contributed by atoms with Crippen molar-refractivity contribution in [2.45, 2.75) is 83.4 Å². The quantitative estimate of drug-likeness (QED) is 0.280. The molecule has 1 aliphatic carbocycles. The fraction of sp³-hybridized carbons (Fsp3) is 0.652. The Morgan fingerprint density at radius 1 is 1.27 bits per heavy atom. The number of nitrogens with one attached hydrogen (secondary N) is 3. The zero-order valence-electron chi connectivity index (χ0n) is 18.5. The summed E-state index contributed by atoms with van der Waals surface area (Å²) in [5.74, 6) is 1.81. The van der Waals surface area contributed by atoms with Gasteiger partial charge in [0.25, 0.3) is 0 Å². The third-order valence-corrected chi connectivity index (χ3v) is 6.00. The molecule has 30 heavy (non-hydrogen) atoms. The van der Waals surface area contributed by atoms with Crippen LogP contribution in [0, 0.1) is 0 Å². The van der Waals surface area contributed by atoms with Crippen molar-refractivity contribution in [3.05, 3.63) is 29.8 Å². The van der Waals surface area contributed by atoms with E-state index in [1.807, 2.05) is 13.0 Å². The molecule has 2 aliphatic rings. The number of halogens is 1. The Hall–Kier alpha value is -1.51. The van der Waals surface area contributed by atoms with E-state index in [1.165, 1.54) is 18.4 Å². The van der Waals surface area contributed by atoms with Crippen LogP contribution in [0.15, 0.2) is 29.3 Å². The largest absolute Gasteiger partial charge is 0.487 e. The second kappa shape index (κ2) is 11.8. The molecule has 168 valence electrons. The van der Waals surface area contributed by atoms with Crippen LogP contribution >= 0.6 is 24.0 Å². The van der Waals surface area contributed by atoms with E-state index in [0.717, 1.165) is 43.9 Å². The van der Waals surface area contributed by atoms with Gasteiger partial charge < -0.3 is 20.7 Å². The van der Waals surface area contributed by atoms with Gasteiger partial charge >= 0.3 is 0 Å². The van der Waals surface area contributed by atoms with E-state index in [0.29, 0.717) is 13.0 Å². The van der Waals surface area contributed by atoms with Crippen LogP contribution < -0.4 is 20.7 Å². The van der Waals surface area contributed by atoms with E-state index in [2.05, 4.69) is 53.0 Å². The lowest BCUT2D eigenvalue weighted by Gasteiger charge is -2.40. The van der Waals surface area contributed by atoms with Crippen LogP contribution in [0.3, 0.4) is 0 Å². The van der Waals surface area contributed by atoms with Gasteiger partial charge in [-0.15, -0.1) is 24.0 Å². The zero-order valence-corrected chi connectivity index (χ0v) is 20.8. The molecule has 1 aromatic rings. The lowest BCUT2D eigenvalue weighted by molar-refractivity contribution is -0.121. The van der Waals surface area contributed by atoms with E-state index in [4.69, 9.17) is 4.74 Å². The zero-order chi connectivity index (χ0) is 20.7. The Morgan fingerprint density at radius 3 is 2.70 bits per heavy atom. The first-order valence-corrected chi connectivity index (χ1v) is 11.2. The second-order valence-electron chi connectivity index (χ2n) is 8.32.